The number of carboxylic acid groups (broad SMARTS) is 1. The Kier molecular flexibility index (Phi) is 5.17. The first-order valence-corrected chi connectivity index (χ1v) is 8.03. The number of fused-ring (bicyclic) bond motifs is 1. The summed E-state index contributed by atoms with van der Waals surface area (Å²) in [5, 5.41) is 12.2. The molecule has 8 heteroatoms. The number of hydrogen-bond acceptors (Lipinski definition) is 3. The Morgan fingerprint density at radius 3 is 2.67 bits per heavy atom. The Hall–Kier alpha value is -2.09. The van der Waals surface area contributed by atoms with Crippen molar-refractivity contribution in [3.63, 3.8) is 0 Å². The molecule has 0 saturated carbocycles. The highest BCUT2D eigenvalue weighted by Gasteiger charge is 2.25. The molecule has 2 aromatic rings. The van der Waals surface area contributed by atoms with Gasteiger partial charge in [-0.2, -0.15) is 0 Å². The minimum atomic E-state index is -1.20. The van der Waals surface area contributed by atoms with E-state index in [0.717, 1.165) is 0 Å². The molecule has 6 nitrogen and oxygen atoms in total. The van der Waals surface area contributed by atoms with E-state index in [1.807, 2.05) is 0 Å². The van der Waals surface area contributed by atoms with E-state index in [-0.39, 0.29) is 11.9 Å². The van der Waals surface area contributed by atoms with Gasteiger partial charge in [0.1, 0.15) is 17.5 Å². The summed E-state index contributed by atoms with van der Waals surface area (Å²) in [6.07, 6.45) is 0.708. The van der Waals surface area contributed by atoms with Crippen molar-refractivity contribution >= 4 is 38.9 Å². The van der Waals surface area contributed by atoms with Crippen molar-refractivity contribution in [3.8, 4) is 0 Å². The Bertz CT molecular complexity index is 782. The maximum atomic E-state index is 13.9. The van der Waals surface area contributed by atoms with Crippen LogP contribution in [0.15, 0.2) is 22.8 Å². The smallest absolute Gasteiger partial charge is 0.408 e. The van der Waals surface area contributed by atoms with Gasteiger partial charge in [0.25, 0.3) is 0 Å². The zero-order chi connectivity index (χ0) is 18.1. The predicted octanol–water partition coefficient (Wildman–Crippen LogP) is 3.59. The van der Waals surface area contributed by atoms with Crippen LogP contribution in [0.2, 0.25) is 0 Å². The van der Waals surface area contributed by atoms with E-state index in [4.69, 9.17) is 4.74 Å². The van der Waals surface area contributed by atoms with Crippen molar-refractivity contribution in [1.29, 1.82) is 0 Å². The number of H-pyrrole nitrogens is 1. The van der Waals surface area contributed by atoms with Gasteiger partial charge in [-0.15, -0.1) is 0 Å². The van der Waals surface area contributed by atoms with Gasteiger partial charge in [-0.05, 0) is 38.5 Å². The molecular formula is C16H18BrFN2O4. The number of aromatic nitrogens is 1. The second-order valence-electron chi connectivity index (χ2n) is 6.37. The maximum Gasteiger partial charge on any atom is 0.408 e. The molecule has 1 heterocycles. The second kappa shape index (κ2) is 6.80. The lowest BCUT2D eigenvalue weighted by Crippen LogP contribution is -2.44. The molecule has 0 radical (unpaired) electrons. The van der Waals surface area contributed by atoms with E-state index >= 15 is 0 Å². The molecule has 0 aliphatic heterocycles. The van der Waals surface area contributed by atoms with E-state index < -0.39 is 29.5 Å². The molecule has 1 atom stereocenters. The molecule has 1 unspecified atom stereocenters. The third-order valence-electron chi connectivity index (χ3n) is 3.20. The number of halogens is 2. The molecule has 0 aliphatic carbocycles. The summed E-state index contributed by atoms with van der Waals surface area (Å²) < 4.78 is 19.5. The third kappa shape index (κ3) is 4.47. The average molecular weight is 401 g/mol. The van der Waals surface area contributed by atoms with Crippen molar-refractivity contribution in [2.45, 2.75) is 38.8 Å². The van der Waals surface area contributed by atoms with E-state index in [2.05, 4.69) is 26.2 Å². The molecular weight excluding hydrogens is 383 g/mol. The van der Waals surface area contributed by atoms with Crippen LogP contribution in [0.3, 0.4) is 0 Å². The van der Waals surface area contributed by atoms with E-state index in [0.29, 0.717) is 15.4 Å². The minimum Gasteiger partial charge on any atom is -0.480 e. The first-order chi connectivity index (χ1) is 11.1. The number of carbonyl (C=O) groups excluding carboxylic acids is 1. The topological polar surface area (TPSA) is 91.4 Å². The molecule has 0 spiro atoms. The van der Waals surface area contributed by atoms with Gasteiger partial charge in [0.2, 0.25) is 0 Å². The summed E-state index contributed by atoms with van der Waals surface area (Å²) in [6.45, 7) is 5.05. The zero-order valence-corrected chi connectivity index (χ0v) is 15.0. The van der Waals surface area contributed by atoms with E-state index in [9.17, 15) is 19.1 Å². The van der Waals surface area contributed by atoms with Gasteiger partial charge in [0, 0.05) is 22.5 Å². The number of rotatable bonds is 4. The van der Waals surface area contributed by atoms with Crippen LogP contribution in [0.1, 0.15) is 26.3 Å². The van der Waals surface area contributed by atoms with Crippen LogP contribution in [-0.2, 0) is 16.0 Å². The number of nitrogens with one attached hydrogen (secondary N) is 2. The van der Waals surface area contributed by atoms with Crippen LogP contribution >= 0.6 is 15.9 Å². The summed E-state index contributed by atoms with van der Waals surface area (Å²) in [4.78, 5) is 26.0. The zero-order valence-electron chi connectivity index (χ0n) is 13.4. The highest BCUT2D eigenvalue weighted by molar-refractivity contribution is 9.10. The summed E-state index contributed by atoms with van der Waals surface area (Å²) in [7, 11) is 0. The number of benzene rings is 1. The number of carboxylic acids is 1. The highest BCUT2D eigenvalue weighted by Crippen LogP contribution is 2.26. The summed E-state index contributed by atoms with van der Waals surface area (Å²) in [5.74, 6) is -1.65. The Balaban J connectivity index is 2.23. The van der Waals surface area contributed by atoms with Gasteiger partial charge >= 0.3 is 12.1 Å². The Morgan fingerprint density at radius 2 is 2.08 bits per heavy atom. The van der Waals surface area contributed by atoms with Crippen molar-refractivity contribution < 1.29 is 23.8 Å². The monoisotopic (exact) mass is 400 g/mol. The third-order valence-corrected chi connectivity index (χ3v) is 3.66. The van der Waals surface area contributed by atoms with Gasteiger partial charge in [0.15, 0.2) is 0 Å². The SMILES string of the molecule is CC(C)(C)OC(=O)NC(Cc1c[nH]c2c(F)cc(Br)cc12)C(=O)O. The van der Waals surface area contributed by atoms with Crippen molar-refractivity contribution in [3.05, 3.63) is 34.2 Å². The number of carbonyl (C=O) groups is 2. The average Bonchev–Trinajstić information content (AvgIpc) is 2.79. The van der Waals surface area contributed by atoms with Crippen LogP contribution < -0.4 is 5.32 Å². The molecule has 24 heavy (non-hydrogen) atoms. The molecule has 3 N–H and O–H groups in total. The van der Waals surface area contributed by atoms with Crippen molar-refractivity contribution in [2.24, 2.45) is 0 Å². The lowest BCUT2D eigenvalue weighted by molar-refractivity contribution is -0.139. The molecule has 1 aromatic carbocycles. The standard InChI is InChI=1S/C16H18BrFN2O4/c1-16(2,3)24-15(23)20-12(14(21)22)4-8-7-19-13-10(8)5-9(17)6-11(13)18/h5-7,12,19H,4H2,1-3H3,(H,20,23)(H,21,22). The number of alkyl carbamates (subject to hydrolysis) is 1. The number of aliphatic carboxylic acids is 1. The highest BCUT2D eigenvalue weighted by atomic mass is 79.9. The normalized spacial score (nSPS) is 12.9. The maximum absolute atomic E-state index is 13.9. The van der Waals surface area contributed by atoms with Gasteiger partial charge in [-0.25, -0.2) is 14.0 Å². The first kappa shape index (κ1) is 18.3. The Labute approximate surface area is 146 Å². The van der Waals surface area contributed by atoms with E-state index in [1.54, 1.807) is 26.8 Å². The van der Waals surface area contributed by atoms with Crippen LogP contribution in [0.5, 0.6) is 0 Å². The first-order valence-electron chi connectivity index (χ1n) is 7.24. The molecule has 0 fully saturated rings. The molecule has 130 valence electrons. The fourth-order valence-electron chi connectivity index (χ4n) is 2.25. The van der Waals surface area contributed by atoms with Crippen LogP contribution in [0.25, 0.3) is 10.9 Å². The number of hydrogen-bond donors (Lipinski definition) is 3. The predicted molar refractivity (Wildman–Crippen MR) is 90.5 cm³/mol. The van der Waals surface area contributed by atoms with E-state index in [1.165, 1.54) is 12.3 Å². The fraction of sp³-hybridized carbons (Fsp3) is 0.375. The van der Waals surface area contributed by atoms with Crippen LogP contribution in [0, 0.1) is 5.82 Å². The summed E-state index contributed by atoms with van der Waals surface area (Å²) in [5.41, 5.74) is 0.130. The van der Waals surface area contributed by atoms with Gasteiger partial charge in [-0.1, -0.05) is 15.9 Å². The quantitative estimate of drug-likeness (QED) is 0.730. The molecule has 1 amide bonds. The van der Waals surface area contributed by atoms with Crippen LogP contribution in [0.4, 0.5) is 9.18 Å². The van der Waals surface area contributed by atoms with Gasteiger partial charge in [0.05, 0.1) is 5.52 Å². The minimum absolute atomic E-state index is 0.00945. The summed E-state index contributed by atoms with van der Waals surface area (Å²) >= 11 is 3.21. The molecule has 0 aliphatic rings. The lowest BCUT2D eigenvalue weighted by Gasteiger charge is -2.22. The summed E-state index contributed by atoms with van der Waals surface area (Å²) in [6, 6.07) is 1.81. The molecule has 2 rings (SSSR count). The lowest BCUT2D eigenvalue weighted by atomic mass is 10.1. The number of amides is 1. The number of ether oxygens (including phenoxy) is 1. The largest absolute Gasteiger partial charge is 0.480 e. The van der Waals surface area contributed by atoms with Crippen molar-refractivity contribution in [2.75, 3.05) is 0 Å². The van der Waals surface area contributed by atoms with Gasteiger partial charge in [-0.3, -0.25) is 0 Å². The van der Waals surface area contributed by atoms with Gasteiger partial charge < -0.3 is 20.1 Å². The second-order valence-corrected chi connectivity index (χ2v) is 7.28. The Morgan fingerprint density at radius 1 is 1.42 bits per heavy atom. The van der Waals surface area contributed by atoms with Crippen molar-refractivity contribution in [1.82, 2.24) is 10.3 Å². The molecule has 1 aromatic heterocycles. The molecule has 0 saturated heterocycles. The van der Waals surface area contributed by atoms with Crippen LogP contribution in [-0.4, -0.2) is 33.8 Å². The molecule has 0 bridgehead atoms. The number of aromatic amines is 1. The fourth-order valence-corrected chi connectivity index (χ4v) is 2.68.